The molecule has 52 valence electrons. The van der Waals surface area contributed by atoms with Crippen molar-refractivity contribution in [2.24, 2.45) is 0 Å². The molecule has 3 heteroatoms. The first kappa shape index (κ1) is 7.41. The molecule has 1 aromatic heterocycles. The Morgan fingerprint density at radius 1 is 1.60 bits per heavy atom. The first-order valence-corrected chi connectivity index (χ1v) is 3.76. The molecule has 1 unspecified atom stereocenters. The summed E-state index contributed by atoms with van der Waals surface area (Å²) in [6, 6.07) is 5.46. The van der Waals surface area contributed by atoms with Gasteiger partial charge in [0.15, 0.2) is 0 Å². The second-order valence-corrected chi connectivity index (χ2v) is 2.78. The molecule has 10 heavy (non-hydrogen) atoms. The smallest absolute Gasteiger partial charge is 0.139 e. The second kappa shape index (κ2) is 3.46. The van der Waals surface area contributed by atoms with E-state index < -0.39 is 0 Å². The Labute approximate surface area is 67.4 Å². The Morgan fingerprint density at radius 3 is 2.90 bits per heavy atom. The average Bonchev–Trinajstić information content (AvgIpc) is 2.05. The zero-order valence-corrected chi connectivity index (χ0v) is 6.78. The van der Waals surface area contributed by atoms with Crippen LogP contribution >= 0.6 is 15.9 Å². The third-order valence-electron chi connectivity index (χ3n) is 1.09. The second-order valence-electron chi connectivity index (χ2n) is 1.79. The highest BCUT2D eigenvalue weighted by molar-refractivity contribution is 9.09. The Bertz CT molecular complexity index is 212. The molecule has 0 spiro atoms. The molecule has 0 N–H and O–H groups in total. The number of pyridine rings is 1. The molecular weight excluding hydrogens is 194 g/mol. The van der Waals surface area contributed by atoms with E-state index in [1.807, 2.05) is 12.1 Å². The number of carbonyl (C=O) groups excluding carboxylic acids is 1. The molecule has 0 radical (unpaired) electrons. The molecule has 1 atom stereocenters. The van der Waals surface area contributed by atoms with Gasteiger partial charge in [-0.3, -0.25) is 4.98 Å². The summed E-state index contributed by atoms with van der Waals surface area (Å²) in [4.78, 5) is 13.9. The van der Waals surface area contributed by atoms with E-state index in [-0.39, 0.29) is 4.83 Å². The molecule has 0 bridgehead atoms. The van der Waals surface area contributed by atoms with E-state index in [4.69, 9.17) is 0 Å². The van der Waals surface area contributed by atoms with Crippen LogP contribution in [0.5, 0.6) is 0 Å². The van der Waals surface area contributed by atoms with Crippen LogP contribution in [0.4, 0.5) is 0 Å². The molecule has 0 amide bonds. The molecule has 0 aliphatic heterocycles. The van der Waals surface area contributed by atoms with Crippen LogP contribution in [-0.4, -0.2) is 11.3 Å². The standard InChI is InChI=1S/C7H6BrNO/c8-6(5-10)7-3-1-2-4-9-7/h1-6H. The molecule has 0 aliphatic rings. The van der Waals surface area contributed by atoms with Crippen LogP contribution in [0.25, 0.3) is 0 Å². The van der Waals surface area contributed by atoms with Gasteiger partial charge in [-0.1, -0.05) is 22.0 Å². The van der Waals surface area contributed by atoms with Crippen molar-refractivity contribution >= 4 is 22.2 Å². The van der Waals surface area contributed by atoms with Gasteiger partial charge in [0, 0.05) is 6.20 Å². The van der Waals surface area contributed by atoms with E-state index in [0.717, 1.165) is 12.0 Å². The van der Waals surface area contributed by atoms with Crippen LogP contribution in [0.2, 0.25) is 0 Å². The monoisotopic (exact) mass is 199 g/mol. The largest absolute Gasteiger partial charge is 0.302 e. The summed E-state index contributed by atoms with van der Waals surface area (Å²) in [5.41, 5.74) is 0.748. The molecule has 0 fully saturated rings. The molecular formula is C7H6BrNO. The lowest BCUT2D eigenvalue weighted by Gasteiger charge is -1.97. The fourth-order valence-electron chi connectivity index (χ4n) is 0.609. The minimum Gasteiger partial charge on any atom is -0.302 e. The van der Waals surface area contributed by atoms with Crippen molar-refractivity contribution in [1.82, 2.24) is 4.98 Å². The fraction of sp³-hybridized carbons (Fsp3) is 0.143. The summed E-state index contributed by atoms with van der Waals surface area (Å²) in [5.74, 6) is 0. The van der Waals surface area contributed by atoms with Gasteiger partial charge in [0.25, 0.3) is 0 Å². The number of rotatable bonds is 2. The number of halogens is 1. The number of nitrogens with zero attached hydrogens (tertiary/aromatic N) is 1. The highest BCUT2D eigenvalue weighted by atomic mass is 79.9. The number of aldehydes is 1. The average molecular weight is 200 g/mol. The quantitative estimate of drug-likeness (QED) is 0.537. The van der Waals surface area contributed by atoms with Crippen molar-refractivity contribution in [2.75, 3.05) is 0 Å². The van der Waals surface area contributed by atoms with Gasteiger partial charge in [-0.05, 0) is 12.1 Å². The van der Waals surface area contributed by atoms with Gasteiger partial charge in [-0.25, -0.2) is 0 Å². The molecule has 0 aliphatic carbocycles. The van der Waals surface area contributed by atoms with Crippen LogP contribution in [-0.2, 0) is 4.79 Å². The number of aromatic nitrogens is 1. The Hall–Kier alpha value is -0.700. The van der Waals surface area contributed by atoms with Crippen molar-refractivity contribution in [2.45, 2.75) is 4.83 Å². The van der Waals surface area contributed by atoms with Gasteiger partial charge in [0.1, 0.15) is 11.1 Å². The van der Waals surface area contributed by atoms with Gasteiger partial charge in [-0.15, -0.1) is 0 Å². The van der Waals surface area contributed by atoms with E-state index in [0.29, 0.717) is 0 Å². The Balaban J connectivity index is 2.84. The Morgan fingerprint density at radius 2 is 2.40 bits per heavy atom. The first-order chi connectivity index (χ1) is 4.84. The fourth-order valence-corrected chi connectivity index (χ4v) is 0.880. The van der Waals surface area contributed by atoms with Crippen LogP contribution in [0.3, 0.4) is 0 Å². The maximum Gasteiger partial charge on any atom is 0.139 e. The number of carbonyl (C=O) groups is 1. The van der Waals surface area contributed by atoms with Crippen molar-refractivity contribution in [3.05, 3.63) is 30.1 Å². The maximum absolute atomic E-state index is 10.2. The highest BCUT2D eigenvalue weighted by Gasteiger charge is 2.03. The van der Waals surface area contributed by atoms with E-state index in [1.54, 1.807) is 12.3 Å². The zero-order chi connectivity index (χ0) is 7.40. The topological polar surface area (TPSA) is 30.0 Å². The van der Waals surface area contributed by atoms with Gasteiger partial charge < -0.3 is 4.79 Å². The maximum atomic E-state index is 10.2. The van der Waals surface area contributed by atoms with Crippen molar-refractivity contribution in [1.29, 1.82) is 0 Å². The minimum atomic E-state index is -0.270. The number of hydrogen-bond donors (Lipinski definition) is 0. The van der Waals surface area contributed by atoms with Crippen molar-refractivity contribution in [3.63, 3.8) is 0 Å². The van der Waals surface area contributed by atoms with Crippen LogP contribution in [0.1, 0.15) is 10.5 Å². The van der Waals surface area contributed by atoms with Crippen LogP contribution in [0.15, 0.2) is 24.4 Å². The summed E-state index contributed by atoms with van der Waals surface area (Å²) >= 11 is 3.15. The summed E-state index contributed by atoms with van der Waals surface area (Å²) in [6.45, 7) is 0. The predicted molar refractivity (Wildman–Crippen MR) is 42.0 cm³/mol. The molecule has 0 saturated heterocycles. The molecule has 0 saturated carbocycles. The van der Waals surface area contributed by atoms with Gasteiger partial charge in [0.2, 0.25) is 0 Å². The third-order valence-corrected chi connectivity index (χ3v) is 1.77. The lowest BCUT2D eigenvalue weighted by molar-refractivity contribution is -0.107. The van der Waals surface area contributed by atoms with E-state index in [2.05, 4.69) is 20.9 Å². The molecule has 1 heterocycles. The highest BCUT2D eigenvalue weighted by Crippen LogP contribution is 2.15. The summed E-state index contributed by atoms with van der Waals surface area (Å²) in [7, 11) is 0. The predicted octanol–water partition coefficient (Wildman–Crippen LogP) is 1.72. The third kappa shape index (κ3) is 1.64. The number of hydrogen-bond acceptors (Lipinski definition) is 2. The molecule has 0 aromatic carbocycles. The van der Waals surface area contributed by atoms with Crippen molar-refractivity contribution in [3.8, 4) is 0 Å². The van der Waals surface area contributed by atoms with Gasteiger partial charge in [0.05, 0.1) is 5.69 Å². The lowest BCUT2D eigenvalue weighted by atomic mass is 10.3. The van der Waals surface area contributed by atoms with Gasteiger partial charge >= 0.3 is 0 Å². The van der Waals surface area contributed by atoms with Crippen molar-refractivity contribution < 1.29 is 4.79 Å². The number of alkyl halides is 1. The van der Waals surface area contributed by atoms with Crippen LogP contribution in [0, 0.1) is 0 Å². The van der Waals surface area contributed by atoms with E-state index in [9.17, 15) is 4.79 Å². The van der Waals surface area contributed by atoms with Crippen LogP contribution < -0.4 is 0 Å². The molecule has 2 nitrogen and oxygen atoms in total. The lowest BCUT2D eigenvalue weighted by Crippen LogP contribution is -1.92. The normalized spacial score (nSPS) is 12.5. The van der Waals surface area contributed by atoms with E-state index >= 15 is 0 Å². The summed E-state index contributed by atoms with van der Waals surface area (Å²) < 4.78 is 0. The van der Waals surface area contributed by atoms with E-state index in [1.165, 1.54) is 0 Å². The zero-order valence-electron chi connectivity index (χ0n) is 5.20. The summed E-state index contributed by atoms with van der Waals surface area (Å²) in [6.07, 6.45) is 2.47. The SMILES string of the molecule is O=CC(Br)c1ccccn1. The summed E-state index contributed by atoms with van der Waals surface area (Å²) in [5, 5.41) is 0. The first-order valence-electron chi connectivity index (χ1n) is 2.85. The Kier molecular flexibility index (Phi) is 2.57. The minimum absolute atomic E-state index is 0.270. The van der Waals surface area contributed by atoms with Gasteiger partial charge in [-0.2, -0.15) is 0 Å². The molecule has 1 aromatic rings. The molecule has 1 rings (SSSR count).